The summed E-state index contributed by atoms with van der Waals surface area (Å²) in [6, 6.07) is 0. The highest BCUT2D eigenvalue weighted by Gasteiger charge is 2.08. The number of hydrogen-bond donors (Lipinski definition) is 0. The summed E-state index contributed by atoms with van der Waals surface area (Å²) in [7, 11) is 0. The van der Waals surface area contributed by atoms with Gasteiger partial charge in [-0.15, -0.1) is 0 Å². The van der Waals surface area contributed by atoms with E-state index in [2.05, 4.69) is 20.8 Å². The van der Waals surface area contributed by atoms with Crippen molar-refractivity contribution in [1.82, 2.24) is 0 Å². The number of hydrogen-bond acceptors (Lipinski definition) is 1. The van der Waals surface area contributed by atoms with Gasteiger partial charge in [-0.1, -0.05) is 117 Å². The molecule has 0 aliphatic rings. The summed E-state index contributed by atoms with van der Waals surface area (Å²) in [4.78, 5) is 0. The standard InChI is InChI=1S/C24H50O/c1-4-7-10-12-13-14-16-19-22-25-23-24(20-17-9-6-3)21-18-15-11-8-5-2/h24H,4-23H2,1-3H3. The van der Waals surface area contributed by atoms with Crippen molar-refractivity contribution >= 4 is 0 Å². The normalized spacial score (nSPS) is 12.6. The second kappa shape index (κ2) is 22.0. The summed E-state index contributed by atoms with van der Waals surface area (Å²) in [5, 5.41) is 0. The molecule has 0 saturated carbocycles. The molecule has 0 aliphatic carbocycles. The molecule has 0 radical (unpaired) electrons. The topological polar surface area (TPSA) is 9.23 Å². The average molecular weight is 355 g/mol. The molecule has 1 unspecified atom stereocenters. The van der Waals surface area contributed by atoms with Gasteiger partial charge in [0.2, 0.25) is 0 Å². The maximum absolute atomic E-state index is 6.05. The van der Waals surface area contributed by atoms with Crippen molar-refractivity contribution in [2.24, 2.45) is 5.92 Å². The molecule has 0 heterocycles. The Labute approximate surface area is 160 Å². The Hall–Kier alpha value is -0.0400. The first-order valence-corrected chi connectivity index (χ1v) is 11.9. The van der Waals surface area contributed by atoms with E-state index in [9.17, 15) is 0 Å². The predicted octanol–water partition coefficient (Wildman–Crippen LogP) is 8.70. The predicted molar refractivity (Wildman–Crippen MR) is 114 cm³/mol. The molecule has 0 rings (SSSR count). The van der Waals surface area contributed by atoms with Crippen molar-refractivity contribution in [2.45, 2.75) is 136 Å². The van der Waals surface area contributed by atoms with Crippen LogP contribution in [0.2, 0.25) is 0 Å². The van der Waals surface area contributed by atoms with Crippen LogP contribution in [-0.2, 0) is 4.74 Å². The fourth-order valence-corrected chi connectivity index (χ4v) is 3.62. The first-order valence-electron chi connectivity index (χ1n) is 11.9. The van der Waals surface area contributed by atoms with Gasteiger partial charge in [-0.3, -0.25) is 0 Å². The van der Waals surface area contributed by atoms with Crippen LogP contribution < -0.4 is 0 Å². The maximum atomic E-state index is 6.05. The van der Waals surface area contributed by atoms with Crippen LogP contribution in [0.5, 0.6) is 0 Å². The maximum Gasteiger partial charge on any atom is 0.0494 e. The molecule has 0 aliphatic heterocycles. The van der Waals surface area contributed by atoms with E-state index in [1.807, 2.05) is 0 Å². The van der Waals surface area contributed by atoms with Gasteiger partial charge in [0.05, 0.1) is 0 Å². The lowest BCUT2D eigenvalue weighted by Crippen LogP contribution is -2.11. The first-order chi connectivity index (χ1) is 12.3. The van der Waals surface area contributed by atoms with E-state index in [4.69, 9.17) is 4.74 Å². The van der Waals surface area contributed by atoms with Crippen LogP contribution in [0.15, 0.2) is 0 Å². The lowest BCUT2D eigenvalue weighted by molar-refractivity contribution is 0.0879. The molecule has 25 heavy (non-hydrogen) atoms. The van der Waals surface area contributed by atoms with Gasteiger partial charge >= 0.3 is 0 Å². The Kier molecular flexibility index (Phi) is 22.0. The van der Waals surface area contributed by atoms with Gasteiger partial charge in [-0.25, -0.2) is 0 Å². The van der Waals surface area contributed by atoms with E-state index in [1.54, 1.807) is 0 Å². The molecule has 0 N–H and O–H groups in total. The molecule has 0 aromatic heterocycles. The smallest absolute Gasteiger partial charge is 0.0494 e. The zero-order chi connectivity index (χ0) is 18.4. The lowest BCUT2D eigenvalue weighted by atomic mass is 9.95. The minimum atomic E-state index is 0.822. The van der Waals surface area contributed by atoms with Crippen LogP contribution in [0.25, 0.3) is 0 Å². The van der Waals surface area contributed by atoms with E-state index in [1.165, 1.54) is 116 Å². The molecule has 0 amide bonds. The number of ether oxygens (including phenoxy) is 1. The molecule has 0 fully saturated rings. The molecule has 152 valence electrons. The Bertz CT molecular complexity index is 226. The molecular formula is C24H50O. The van der Waals surface area contributed by atoms with E-state index < -0.39 is 0 Å². The highest BCUT2D eigenvalue weighted by Crippen LogP contribution is 2.19. The highest BCUT2D eigenvalue weighted by molar-refractivity contribution is 4.60. The van der Waals surface area contributed by atoms with Gasteiger partial charge in [0.25, 0.3) is 0 Å². The van der Waals surface area contributed by atoms with E-state index in [-0.39, 0.29) is 0 Å². The molecule has 1 atom stereocenters. The molecule has 0 saturated heterocycles. The number of rotatable bonds is 21. The summed E-state index contributed by atoms with van der Waals surface area (Å²) >= 11 is 0. The van der Waals surface area contributed by atoms with Gasteiger partial charge in [0.1, 0.15) is 0 Å². The summed E-state index contributed by atoms with van der Waals surface area (Å²) in [5.41, 5.74) is 0. The summed E-state index contributed by atoms with van der Waals surface area (Å²) in [6.07, 6.45) is 25.1. The van der Waals surface area contributed by atoms with E-state index >= 15 is 0 Å². The lowest BCUT2D eigenvalue weighted by Gasteiger charge is -2.17. The highest BCUT2D eigenvalue weighted by atomic mass is 16.5. The molecule has 0 spiro atoms. The van der Waals surface area contributed by atoms with Crippen LogP contribution in [0.3, 0.4) is 0 Å². The quantitative estimate of drug-likeness (QED) is 0.187. The van der Waals surface area contributed by atoms with Crippen LogP contribution in [0.1, 0.15) is 136 Å². The molecule has 1 nitrogen and oxygen atoms in total. The van der Waals surface area contributed by atoms with Crippen LogP contribution in [0.4, 0.5) is 0 Å². The van der Waals surface area contributed by atoms with Crippen LogP contribution in [0, 0.1) is 5.92 Å². The fraction of sp³-hybridized carbons (Fsp3) is 1.00. The van der Waals surface area contributed by atoms with Gasteiger partial charge in [-0.05, 0) is 25.2 Å². The van der Waals surface area contributed by atoms with Crippen LogP contribution in [-0.4, -0.2) is 13.2 Å². The van der Waals surface area contributed by atoms with Crippen LogP contribution >= 0.6 is 0 Å². The van der Waals surface area contributed by atoms with Crippen molar-refractivity contribution in [3.8, 4) is 0 Å². The minimum absolute atomic E-state index is 0.822. The molecule has 0 aromatic carbocycles. The molecular weight excluding hydrogens is 304 g/mol. The Balaban J connectivity index is 3.57. The Morgan fingerprint density at radius 2 is 0.880 bits per heavy atom. The van der Waals surface area contributed by atoms with Crippen molar-refractivity contribution < 1.29 is 4.74 Å². The van der Waals surface area contributed by atoms with Gasteiger partial charge in [-0.2, -0.15) is 0 Å². The van der Waals surface area contributed by atoms with Gasteiger partial charge < -0.3 is 4.74 Å². The average Bonchev–Trinajstić information content (AvgIpc) is 2.62. The molecule has 0 bridgehead atoms. The van der Waals surface area contributed by atoms with Gasteiger partial charge in [0.15, 0.2) is 0 Å². The zero-order valence-corrected chi connectivity index (χ0v) is 18.1. The van der Waals surface area contributed by atoms with Gasteiger partial charge in [0, 0.05) is 13.2 Å². The Morgan fingerprint density at radius 3 is 1.44 bits per heavy atom. The Morgan fingerprint density at radius 1 is 0.480 bits per heavy atom. The third kappa shape index (κ3) is 20.1. The summed E-state index contributed by atoms with van der Waals surface area (Å²) in [5.74, 6) is 0.822. The zero-order valence-electron chi connectivity index (χ0n) is 18.1. The molecule has 1 heteroatoms. The SMILES string of the molecule is CCCCCCCCCCOCC(CCCCC)CCCCCCC. The fourth-order valence-electron chi connectivity index (χ4n) is 3.62. The number of unbranched alkanes of at least 4 members (excludes halogenated alkanes) is 13. The van der Waals surface area contributed by atoms with Crippen molar-refractivity contribution in [3.05, 3.63) is 0 Å². The van der Waals surface area contributed by atoms with E-state index in [0.29, 0.717) is 0 Å². The monoisotopic (exact) mass is 354 g/mol. The van der Waals surface area contributed by atoms with Crippen molar-refractivity contribution in [3.63, 3.8) is 0 Å². The largest absolute Gasteiger partial charge is 0.381 e. The second-order valence-electron chi connectivity index (χ2n) is 8.11. The molecule has 0 aromatic rings. The van der Waals surface area contributed by atoms with Crippen molar-refractivity contribution in [1.29, 1.82) is 0 Å². The summed E-state index contributed by atoms with van der Waals surface area (Å²) < 4.78 is 6.05. The summed E-state index contributed by atoms with van der Waals surface area (Å²) in [6.45, 7) is 8.91. The van der Waals surface area contributed by atoms with Crippen molar-refractivity contribution in [2.75, 3.05) is 13.2 Å². The van der Waals surface area contributed by atoms with E-state index in [0.717, 1.165) is 19.1 Å². The first kappa shape index (κ1) is 25.0. The third-order valence-electron chi connectivity index (χ3n) is 5.43. The second-order valence-corrected chi connectivity index (χ2v) is 8.11. The minimum Gasteiger partial charge on any atom is -0.381 e. The third-order valence-corrected chi connectivity index (χ3v) is 5.43.